The van der Waals surface area contributed by atoms with E-state index in [1.165, 1.54) is 30.7 Å². The van der Waals surface area contributed by atoms with Gasteiger partial charge in [0.2, 0.25) is 0 Å². The van der Waals surface area contributed by atoms with Crippen LogP contribution in [0.15, 0.2) is 48.5 Å². The van der Waals surface area contributed by atoms with Crippen LogP contribution in [0.1, 0.15) is 108 Å². The second-order valence-electron chi connectivity index (χ2n) is 12.6. The molecule has 8 heteroatoms. The molecule has 0 N–H and O–H groups in total. The highest BCUT2D eigenvalue weighted by molar-refractivity contribution is 5.47. The van der Waals surface area contributed by atoms with Crippen molar-refractivity contribution in [1.29, 1.82) is 5.26 Å². The van der Waals surface area contributed by atoms with Crippen LogP contribution in [0.25, 0.3) is 0 Å². The minimum absolute atomic E-state index is 0.000415. The van der Waals surface area contributed by atoms with Crippen LogP contribution in [0.3, 0.4) is 0 Å². The summed E-state index contributed by atoms with van der Waals surface area (Å²) in [7, 11) is 0. The van der Waals surface area contributed by atoms with E-state index in [2.05, 4.69) is 37.8 Å². The van der Waals surface area contributed by atoms with Crippen molar-refractivity contribution >= 4 is 0 Å². The molecule has 0 bridgehead atoms. The number of benzene rings is 2. The Kier molecular flexibility index (Phi) is 11.8. The Balaban J connectivity index is 0.00000162. The highest BCUT2D eigenvalue weighted by Crippen LogP contribution is 2.57. The Labute approximate surface area is 253 Å². The fourth-order valence-corrected chi connectivity index (χ4v) is 7.53. The zero-order valence-corrected chi connectivity index (χ0v) is 25.9. The van der Waals surface area contributed by atoms with Gasteiger partial charge in [-0.3, -0.25) is 4.90 Å². The van der Waals surface area contributed by atoms with Crippen LogP contribution in [0.2, 0.25) is 0 Å². The normalized spacial score (nSPS) is 18.8. The molecular weight excluding hydrogens is 562 g/mol. The predicted molar refractivity (Wildman–Crippen MR) is 160 cm³/mol. The maximum atomic E-state index is 14.8. The molecule has 1 unspecified atom stereocenters. The van der Waals surface area contributed by atoms with Gasteiger partial charge in [-0.15, -0.1) is 0 Å². The van der Waals surface area contributed by atoms with Gasteiger partial charge in [0.1, 0.15) is 0 Å². The molecule has 2 fully saturated rings. The molecule has 4 rings (SSSR count). The molecule has 2 saturated carbocycles. The van der Waals surface area contributed by atoms with Crippen LogP contribution in [0, 0.1) is 11.3 Å². The molecule has 0 radical (unpaired) electrons. The standard InChI is InChI=1S/C33H43F6N.C2H3N/c1-24(2)40(23-18-26-12-5-4-6-13-26)25(3)16-17-27-28(30(32(34,35)36)19-7-8-20-30)14-11-15-29(27)31(33(37,38)39)21-9-10-22-31;1-2-3/h4-6,11-15,24-25H,7-10,16-23H2,1-3H3;1H3. The summed E-state index contributed by atoms with van der Waals surface area (Å²) < 4.78 is 88.7. The van der Waals surface area contributed by atoms with Gasteiger partial charge < -0.3 is 0 Å². The van der Waals surface area contributed by atoms with E-state index in [1.807, 2.05) is 18.2 Å². The lowest BCUT2D eigenvalue weighted by Crippen LogP contribution is -2.44. The molecule has 2 aliphatic rings. The van der Waals surface area contributed by atoms with Crippen molar-refractivity contribution in [3.05, 3.63) is 70.8 Å². The lowest BCUT2D eigenvalue weighted by molar-refractivity contribution is -0.191. The van der Waals surface area contributed by atoms with Crippen LogP contribution >= 0.6 is 0 Å². The summed E-state index contributed by atoms with van der Waals surface area (Å²) in [5.41, 5.74) is -2.44. The van der Waals surface area contributed by atoms with Crippen molar-refractivity contribution in [2.75, 3.05) is 6.54 Å². The fourth-order valence-electron chi connectivity index (χ4n) is 7.53. The minimum Gasteiger partial charge on any atom is -0.298 e. The minimum atomic E-state index is -4.51. The summed E-state index contributed by atoms with van der Waals surface area (Å²) in [5, 5.41) is 7.32. The molecule has 1 atom stereocenters. The summed E-state index contributed by atoms with van der Waals surface area (Å²) in [4.78, 5) is 2.32. The second kappa shape index (κ2) is 14.5. The van der Waals surface area contributed by atoms with Crippen molar-refractivity contribution in [3.8, 4) is 6.07 Å². The van der Waals surface area contributed by atoms with E-state index in [0.717, 1.165) is 13.0 Å². The van der Waals surface area contributed by atoms with Gasteiger partial charge in [0.25, 0.3) is 0 Å². The zero-order chi connectivity index (χ0) is 31.9. The van der Waals surface area contributed by atoms with Gasteiger partial charge in [-0.2, -0.15) is 31.6 Å². The number of hydrogen-bond acceptors (Lipinski definition) is 2. The first-order valence-electron chi connectivity index (χ1n) is 15.6. The summed E-state index contributed by atoms with van der Waals surface area (Å²) in [5.74, 6) is 0. The van der Waals surface area contributed by atoms with E-state index in [1.54, 1.807) is 6.07 Å². The zero-order valence-electron chi connectivity index (χ0n) is 25.9. The molecule has 2 aliphatic carbocycles. The van der Waals surface area contributed by atoms with Crippen molar-refractivity contribution in [3.63, 3.8) is 0 Å². The highest BCUT2D eigenvalue weighted by atomic mass is 19.4. The summed E-state index contributed by atoms with van der Waals surface area (Å²) in [6, 6.07) is 16.5. The Morgan fingerprint density at radius 3 is 1.58 bits per heavy atom. The molecule has 238 valence electrons. The van der Waals surface area contributed by atoms with Crippen LogP contribution in [-0.2, 0) is 23.7 Å². The van der Waals surface area contributed by atoms with Gasteiger partial charge in [0.15, 0.2) is 0 Å². The number of halogens is 6. The van der Waals surface area contributed by atoms with Gasteiger partial charge in [0.05, 0.1) is 16.9 Å². The third-order valence-electron chi connectivity index (χ3n) is 9.75. The Morgan fingerprint density at radius 1 is 0.744 bits per heavy atom. The number of hydrogen-bond donors (Lipinski definition) is 0. The van der Waals surface area contributed by atoms with Crippen molar-refractivity contribution < 1.29 is 26.3 Å². The van der Waals surface area contributed by atoms with E-state index in [0.29, 0.717) is 37.7 Å². The van der Waals surface area contributed by atoms with Crippen molar-refractivity contribution in [1.82, 2.24) is 4.90 Å². The van der Waals surface area contributed by atoms with E-state index in [-0.39, 0.29) is 55.3 Å². The molecule has 0 aromatic heterocycles. The molecule has 2 aromatic carbocycles. The Bertz CT molecular complexity index is 1130. The molecule has 0 heterocycles. The first-order valence-corrected chi connectivity index (χ1v) is 15.6. The monoisotopic (exact) mass is 608 g/mol. The van der Waals surface area contributed by atoms with Crippen LogP contribution < -0.4 is 0 Å². The molecule has 0 aliphatic heterocycles. The van der Waals surface area contributed by atoms with Crippen LogP contribution in [0.5, 0.6) is 0 Å². The third-order valence-corrected chi connectivity index (χ3v) is 9.75. The second-order valence-corrected chi connectivity index (χ2v) is 12.6. The molecule has 0 spiro atoms. The molecule has 2 nitrogen and oxygen atoms in total. The lowest BCUT2D eigenvalue weighted by Gasteiger charge is -2.39. The highest BCUT2D eigenvalue weighted by Gasteiger charge is 2.60. The van der Waals surface area contributed by atoms with Gasteiger partial charge in [0, 0.05) is 25.6 Å². The molecule has 0 amide bonds. The van der Waals surface area contributed by atoms with Gasteiger partial charge >= 0.3 is 12.4 Å². The predicted octanol–water partition coefficient (Wildman–Crippen LogP) is 10.2. The first kappa shape index (κ1) is 35.0. The van der Waals surface area contributed by atoms with Crippen LogP contribution in [-0.4, -0.2) is 35.9 Å². The first-order chi connectivity index (χ1) is 20.2. The number of nitriles is 1. The molecule has 0 saturated heterocycles. The number of nitrogens with zero attached hydrogens (tertiary/aromatic N) is 2. The SMILES string of the molecule is CC#N.CC(C)N(CCc1ccccc1)C(C)CCc1c(C2(C(F)(F)F)CCCC2)cccc1C1(C(F)(F)F)CCCC1. The average molecular weight is 609 g/mol. The van der Waals surface area contributed by atoms with E-state index >= 15 is 0 Å². The third kappa shape index (κ3) is 7.59. The van der Waals surface area contributed by atoms with E-state index in [9.17, 15) is 26.3 Å². The average Bonchev–Trinajstić information content (AvgIpc) is 3.64. The largest absolute Gasteiger partial charge is 0.398 e. The van der Waals surface area contributed by atoms with Crippen molar-refractivity contribution in [2.45, 2.75) is 134 Å². The van der Waals surface area contributed by atoms with E-state index in [4.69, 9.17) is 5.26 Å². The van der Waals surface area contributed by atoms with Crippen LogP contribution in [0.4, 0.5) is 26.3 Å². The number of alkyl halides is 6. The van der Waals surface area contributed by atoms with Gasteiger partial charge in [-0.1, -0.05) is 74.2 Å². The Hall–Kier alpha value is -2.53. The topological polar surface area (TPSA) is 27.0 Å². The summed E-state index contributed by atoms with van der Waals surface area (Å²) in [6.07, 6.45) is -5.98. The molecule has 2 aromatic rings. The fraction of sp³-hybridized carbons (Fsp3) is 0.629. The number of rotatable bonds is 10. The smallest absolute Gasteiger partial charge is 0.298 e. The maximum Gasteiger partial charge on any atom is 0.398 e. The molecular formula is C35H46F6N2. The van der Waals surface area contributed by atoms with Gasteiger partial charge in [-0.25, -0.2) is 0 Å². The Morgan fingerprint density at radius 2 is 1.19 bits per heavy atom. The lowest BCUT2D eigenvalue weighted by atomic mass is 9.68. The van der Waals surface area contributed by atoms with E-state index < -0.39 is 23.2 Å². The summed E-state index contributed by atoms with van der Waals surface area (Å²) >= 11 is 0. The maximum absolute atomic E-state index is 14.8. The quantitative estimate of drug-likeness (QED) is 0.251. The van der Waals surface area contributed by atoms with Gasteiger partial charge in [-0.05, 0) is 88.0 Å². The summed E-state index contributed by atoms with van der Waals surface area (Å²) in [6.45, 7) is 8.44. The van der Waals surface area contributed by atoms with Crippen molar-refractivity contribution in [2.24, 2.45) is 0 Å². The molecule has 43 heavy (non-hydrogen) atoms.